The number of carbonyl (C=O) groups excluding carboxylic acids is 1. The molecule has 1 aromatic heterocycles. The van der Waals surface area contributed by atoms with Crippen molar-refractivity contribution in [1.82, 2.24) is 15.1 Å². The van der Waals surface area contributed by atoms with E-state index in [9.17, 15) is 9.90 Å². The molecule has 4 saturated carbocycles. The zero-order valence-corrected chi connectivity index (χ0v) is 20.4. The minimum absolute atomic E-state index is 0.0621. The molecular formula is C26H37N5O3. The molecular weight excluding hydrogens is 430 g/mol. The summed E-state index contributed by atoms with van der Waals surface area (Å²) in [6, 6.07) is 2.41. The highest BCUT2D eigenvalue weighted by atomic mass is 16.5. The summed E-state index contributed by atoms with van der Waals surface area (Å²) in [5, 5.41) is 27.1. The highest BCUT2D eigenvalue weighted by Crippen LogP contribution is 2.59. The van der Waals surface area contributed by atoms with E-state index in [0.29, 0.717) is 56.0 Å². The predicted molar refractivity (Wildman–Crippen MR) is 129 cm³/mol. The van der Waals surface area contributed by atoms with Crippen LogP contribution in [0.4, 0.5) is 5.82 Å². The SMILES string of the molecule is CC(C)(/C=C/n1ncc(C(=O)N[C@H]2C3CC4CC2C[C@](CO)(C4)C3)c1N1CCOCC1)CC#N. The Hall–Kier alpha value is -2.37. The third-order valence-electron chi connectivity index (χ3n) is 8.56. The molecule has 5 fully saturated rings. The minimum Gasteiger partial charge on any atom is -0.396 e. The van der Waals surface area contributed by atoms with Gasteiger partial charge in [-0.15, -0.1) is 0 Å². The van der Waals surface area contributed by atoms with Crippen LogP contribution in [-0.4, -0.2) is 59.7 Å². The number of rotatable bonds is 7. The number of nitriles is 1. The minimum atomic E-state index is -0.283. The van der Waals surface area contributed by atoms with Crippen molar-refractivity contribution in [2.45, 2.75) is 58.4 Å². The van der Waals surface area contributed by atoms with Crippen molar-refractivity contribution in [2.24, 2.45) is 28.6 Å². The summed E-state index contributed by atoms with van der Waals surface area (Å²) in [5.74, 6) is 2.34. The lowest BCUT2D eigenvalue weighted by Crippen LogP contribution is -2.60. The van der Waals surface area contributed by atoms with Gasteiger partial charge in [-0.1, -0.05) is 19.9 Å². The molecule has 4 aliphatic carbocycles. The highest BCUT2D eigenvalue weighted by Gasteiger charge is 2.55. The zero-order valence-electron chi connectivity index (χ0n) is 20.4. The number of ether oxygens (including phenoxy) is 1. The molecule has 0 spiro atoms. The van der Waals surface area contributed by atoms with Crippen LogP contribution in [0.3, 0.4) is 0 Å². The summed E-state index contributed by atoms with van der Waals surface area (Å²) in [6.07, 6.45) is 11.5. The smallest absolute Gasteiger partial charge is 0.256 e. The molecule has 2 heterocycles. The lowest BCUT2D eigenvalue weighted by atomic mass is 9.48. The summed E-state index contributed by atoms with van der Waals surface area (Å²) >= 11 is 0. The van der Waals surface area contributed by atoms with Gasteiger partial charge in [-0.05, 0) is 60.7 Å². The van der Waals surface area contributed by atoms with Gasteiger partial charge in [-0.3, -0.25) is 4.79 Å². The van der Waals surface area contributed by atoms with Crippen molar-refractivity contribution in [2.75, 3.05) is 37.8 Å². The molecule has 2 N–H and O–H groups in total. The third-order valence-corrected chi connectivity index (χ3v) is 8.56. The summed E-state index contributed by atoms with van der Waals surface area (Å²) in [7, 11) is 0. The van der Waals surface area contributed by atoms with E-state index in [-0.39, 0.29) is 29.4 Å². The molecule has 1 saturated heterocycles. The van der Waals surface area contributed by atoms with Crippen LogP contribution in [0.2, 0.25) is 0 Å². The van der Waals surface area contributed by atoms with E-state index >= 15 is 0 Å². The standard InChI is InChI=1S/C26H37N5O3/c1-25(2,3-5-27)4-6-31-24(30-7-9-34-10-8-30)21(16-28-31)23(33)29-22-19-11-18-12-20(22)15-26(13-18,14-19)17-32/h4,6,16,18-20,22,32H,3,7-15,17H2,1-2H3,(H,29,33)/b6-4+/t18?,19?,20?,22-,26-. The number of hydrogen-bond acceptors (Lipinski definition) is 6. The van der Waals surface area contributed by atoms with E-state index < -0.39 is 0 Å². The molecule has 2 atom stereocenters. The normalized spacial score (nSPS) is 32.8. The summed E-state index contributed by atoms with van der Waals surface area (Å²) in [4.78, 5) is 15.8. The lowest BCUT2D eigenvalue weighted by molar-refractivity contribution is -0.0969. The molecule has 8 nitrogen and oxygen atoms in total. The third kappa shape index (κ3) is 4.36. The first-order valence-corrected chi connectivity index (χ1v) is 12.7. The molecule has 184 valence electrons. The van der Waals surface area contributed by atoms with Gasteiger partial charge in [-0.25, -0.2) is 4.68 Å². The lowest BCUT2D eigenvalue weighted by Gasteiger charge is -2.59. The van der Waals surface area contributed by atoms with Crippen molar-refractivity contribution in [1.29, 1.82) is 5.26 Å². The fourth-order valence-electron chi connectivity index (χ4n) is 7.10. The molecule has 4 bridgehead atoms. The van der Waals surface area contributed by atoms with Crippen molar-refractivity contribution < 1.29 is 14.6 Å². The van der Waals surface area contributed by atoms with E-state index in [1.165, 1.54) is 0 Å². The number of amides is 1. The number of aliphatic hydroxyl groups excluding tert-OH is 1. The highest BCUT2D eigenvalue weighted by molar-refractivity contribution is 5.99. The van der Waals surface area contributed by atoms with Gasteiger partial charge in [0.1, 0.15) is 11.4 Å². The van der Waals surface area contributed by atoms with Gasteiger partial charge in [-0.2, -0.15) is 10.4 Å². The Bertz CT molecular complexity index is 971. The fraction of sp³-hybridized carbons (Fsp3) is 0.731. The molecule has 34 heavy (non-hydrogen) atoms. The van der Waals surface area contributed by atoms with Crippen LogP contribution in [0.15, 0.2) is 12.3 Å². The van der Waals surface area contributed by atoms with Crippen molar-refractivity contribution in [3.8, 4) is 6.07 Å². The van der Waals surface area contributed by atoms with E-state index in [0.717, 1.165) is 37.9 Å². The molecule has 1 amide bonds. The molecule has 8 heteroatoms. The molecule has 6 rings (SSSR count). The second-order valence-corrected chi connectivity index (χ2v) is 11.7. The number of nitrogens with zero attached hydrogens (tertiary/aromatic N) is 4. The maximum atomic E-state index is 13.6. The zero-order chi connectivity index (χ0) is 23.9. The second kappa shape index (κ2) is 9.01. The molecule has 1 aliphatic heterocycles. The second-order valence-electron chi connectivity index (χ2n) is 11.7. The first-order valence-electron chi connectivity index (χ1n) is 12.7. The quantitative estimate of drug-likeness (QED) is 0.639. The topological polar surface area (TPSA) is 103 Å². The Balaban J connectivity index is 1.39. The van der Waals surface area contributed by atoms with E-state index in [1.807, 2.05) is 26.1 Å². The Kier molecular flexibility index (Phi) is 6.19. The number of nitrogens with one attached hydrogen (secondary N) is 1. The fourth-order valence-corrected chi connectivity index (χ4v) is 7.10. The largest absolute Gasteiger partial charge is 0.396 e. The van der Waals surface area contributed by atoms with E-state index in [4.69, 9.17) is 10.00 Å². The van der Waals surface area contributed by atoms with Crippen LogP contribution in [0.1, 0.15) is 62.7 Å². The number of aromatic nitrogens is 2. The average molecular weight is 468 g/mol. The Labute approximate surface area is 201 Å². The Morgan fingerprint density at radius 1 is 1.32 bits per heavy atom. The van der Waals surface area contributed by atoms with Crippen molar-refractivity contribution in [3.63, 3.8) is 0 Å². The monoisotopic (exact) mass is 467 g/mol. The van der Waals surface area contributed by atoms with Gasteiger partial charge >= 0.3 is 0 Å². The molecule has 0 aromatic carbocycles. The number of anilines is 1. The van der Waals surface area contributed by atoms with Crippen LogP contribution in [0, 0.1) is 39.9 Å². The van der Waals surface area contributed by atoms with Crippen molar-refractivity contribution in [3.05, 3.63) is 17.8 Å². The van der Waals surface area contributed by atoms with Crippen LogP contribution >= 0.6 is 0 Å². The summed E-state index contributed by atoms with van der Waals surface area (Å²) in [5.41, 5.74) is 0.396. The Morgan fingerprint density at radius 3 is 2.68 bits per heavy atom. The number of allylic oxidation sites excluding steroid dienone is 1. The number of aliphatic hydroxyl groups is 1. The first kappa shape index (κ1) is 23.4. The number of carbonyl (C=O) groups is 1. The summed E-state index contributed by atoms with van der Waals surface area (Å²) in [6.45, 7) is 6.96. The maximum absolute atomic E-state index is 13.6. The average Bonchev–Trinajstić information content (AvgIpc) is 3.24. The molecule has 0 radical (unpaired) electrons. The van der Waals surface area contributed by atoms with Gasteiger partial charge < -0.3 is 20.1 Å². The van der Waals surface area contributed by atoms with Gasteiger partial charge in [0, 0.05) is 38.4 Å². The first-order chi connectivity index (χ1) is 16.3. The molecule has 5 aliphatic rings. The van der Waals surface area contributed by atoms with Gasteiger partial charge in [0.2, 0.25) is 0 Å². The van der Waals surface area contributed by atoms with Crippen molar-refractivity contribution >= 4 is 17.9 Å². The van der Waals surface area contributed by atoms with Gasteiger partial charge in [0.05, 0.1) is 25.5 Å². The number of morpholine rings is 1. The van der Waals surface area contributed by atoms with Crippen LogP contribution in [0.5, 0.6) is 0 Å². The van der Waals surface area contributed by atoms with Crippen LogP contribution in [-0.2, 0) is 4.74 Å². The van der Waals surface area contributed by atoms with Crippen LogP contribution < -0.4 is 10.2 Å². The molecule has 2 unspecified atom stereocenters. The van der Waals surface area contributed by atoms with Crippen LogP contribution in [0.25, 0.3) is 6.20 Å². The summed E-state index contributed by atoms with van der Waals surface area (Å²) < 4.78 is 7.32. The van der Waals surface area contributed by atoms with E-state index in [2.05, 4.69) is 21.4 Å². The predicted octanol–water partition coefficient (Wildman–Crippen LogP) is 3.05. The van der Waals surface area contributed by atoms with E-state index in [1.54, 1.807) is 10.9 Å². The Morgan fingerprint density at radius 2 is 2.03 bits per heavy atom. The maximum Gasteiger partial charge on any atom is 0.256 e. The number of hydrogen-bond donors (Lipinski definition) is 2. The van der Waals surface area contributed by atoms with Gasteiger partial charge in [0.15, 0.2) is 0 Å². The molecule has 1 aromatic rings. The van der Waals surface area contributed by atoms with Gasteiger partial charge in [0.25, 0.3) is 5.91 Å².